The number of hydrogen-bond acceptors (Lipinski definition) is 2. The van der Waals surface area contributed by atoms with Gasteiger partial charge in [0.2, 0.25) is 5.91 Å². The summed E-state index contributed by atoms with van der Waals surface area (Å²) in [7, 11) is 1.48. The van der Waals surface area contributed by atoms with Crippen molar-refractivity contribution in [1.82, 2.24) is 4.90 Å². The number of benzene rings is 1. The summed E-state index contributed by atoms with van der Waals surface area (Å²) >= 11 is 0. The van der Waals surface area contributed by atoms with E-state index in [9.17, 15) is 13.6 Å². The second kappa shape index (κ2) is 5.72. The van der Waals surface area contributed by atoms with E-state index in [1.807, 2.05) is 0 Å². The van der Waals surface area contributed by atoms with Crippen molar-refractivity contribution in [3.8, 4) is 0 Å². The second-order valence-corrected chi connectivity index (χ2v) is 4.00. The lowest BCUT2D eigenvalue weighted by atomic mass is 10.1. The molecule has 3 nitrogen and oxygen atoms in total. The molecule has 0 spiro atoms. The molecular formula is C12H15F2NO2. The van der Waals surface area contributed by atoms with Crippen LogP contribution < -0.4 is 0 Å². The van der Waals surface area contributed by atoms with Crippen LogP contribution in [0.15, 0.2) is 18.2 Å². The summed E-state index contributed by atoms with van der Waals surface area (Å²) in [5.74, 6) is -1.90. The van der Waals surface area contributed by atoms with Crippen LogP contribution in [0.4, 0.5) is 8.78 Å². The van der Waals surface area contributed by atoms with E-state index in [-0.39, 0.29) is 18.5 Å². The van der Waals surface area contributed by atoms with Crippen LogP contribution in [-0.2, 0) is 11.2 Å². The highest BCUT2D eigenvalue weighted by molar-refractivity contribution is 5.78. The molecule has 0 radical (unpaired) electrons. The molecule has 1 unspecified atom stereocenters. The maximum atomic E-state index is 13.3. The van der Waals surface area contributed by atoms with Gasteiger partial charge in [-0.15, -0.1) is 0 Å². The van der Waals surface area contributed by atoms with E-state index in [1.54, 1.807) is 0 Å². The van der Waals surface area contributed by atoms with Gasteiger partial charge in [-0.3, -0.25) is 4.79 Å². The molecule has 0 bridgehead atoms. The van der Waals surface area contributed by atoms with E-state index < -0.39 is 23.6 Å². The van der Waals surface area contributed by atoms with Crippen molar-refractivity contribution in [2.45, 2.75) is 19.4 Å². The first-order valence-corrected chi connectivity index (χ1v) is 5.26. The fraction of sp³-hybridized carbons (Fsp3) is 0.417. The molecule has 0 aromatic heterocycles. The van der Waals surface area contributed by atoms with Gasteiger partial charge in [0, 0.05) is 19.2 Å². The van der Waals surface area contributed by atoms with Gasteiger partial charge in [-0.1, -0.05) is 6.07 Å². The van der Waals surface area contributed by atoms with Gasteiger partial charge in [-0.2, -0.15) is 0 Å². The lowest BCUT2D eigenvalue weighted by Crippen LogP contribution is -2.34. The topological polar surface area (TPSA) is 40.5 Å². The number of hydrogen-bond donors (Lipinski definition) is 1. The van der Waals surface area contributed by atoms with Gasteiger partial charge in [0.25, 0.3) is 0 Å². The van der Waals surface area contributed by atoms with Crippen molar-refractivity contribution in [3.63, 3.8) is 0 Å². The third-order valence-corrected chi connectivity index (χ3v) is 2.35. The number of nitrogens with zero attached hydrogens (tertiary/aromatic N) is 1. The van der Waals surface area contributed by atoms with Crippen LogP contribution >= 0.6 is 0 Å². The van der Waals surface area contributed by atoms with E-state index in [0.29, 0.717) is 0 Å². The monoisotopic (exact) mass is 243 g/mol. The van der Waals surface area contributed by atoms with Crippen molar-refractivity contribution in [2.75, 3.05) is 13.6 Å². The first-order valence-electron chi connectivity index (χ1n) is 5.26. The molecule has 1 rings (SSSR count). The van der Waals surface area contributed by atoms with Gasteiger partial charge >= 0.3 is 0 Å². The van der Waals surface area contributed by atoms with Gasteiger partial charge in [-0.05, 0) is 19.1 Å². The normalized spacial score (nSPS) is 12.3. The molecule has 1 aromatic rings. The summed E-state index contributed by atoms with van der Waals surface area (Å²) in [6.45, 7) is 1.67. The highest BCUT2D eigenvalue weighted by Gasteiger charge is 2.16. The molecular weight excluding hydrogens is 228 g/mol. The Labute approximate surface area is 98.7 Å². The summed E-state index contributed by atoms with van der Waals surface area (Å²) in [6.07, 6.45) is -1.02. The summed E-state index contributed by atoms with van der Waals surface area (Å²) in [5.41, 5.74) is -0.241. The maximum absolute atomic E-state index is 13.3. The van der Waals surface area contributed by atoms with Gasteiger partial charge in [-0.25, -0.2) is 8.78 Å². The Kier molecular flexibility index (Phi) is 4.57. The standard InChI is InChI=1S/C12H15F2NO2/c1-8(16)7-15(2)12(17)6-9-10(13)4-3-5-11(9)14/h3-5,8,16H,6-7H2,1-2H3. The zero-order valence-corrected chi connectivity index (χ0v) is 9.78. The number of aliphatic hydroxyl groups excluding tert-OH is 1. The van der Waals surface area contributed by atoms with Crippen molar-refractivity contribution in [3.05, 3.63) is 35.4 Å². The zero-order chi connectivity index (χ0) is 13.0. The number of halogens is 2. The van der Waals surface area contributed by atoms with Gasteiger partial charge < -0.3 is 10.0 Å². The van der Waals surface area contributed by atoms with E-state index in [1.165, 1.54) is 24.9 Å². The quantitative estimate of drug-likeness (QED) is 0.867. The minimum Gasteiger partial charge on any atom is -0.392 e. The molecule has 1 aromatic carbocycles. The average molecular weight is 243 g/mol. The Hall–Kier alpha value is -1.49. The smallest absolute Gasteiger partial charge is 0.227 e. The average Bonchev–Trinajstić information content (AvgIpc) is 2.22. The zero-order valence-electron chi connectivity index (χ0n) is 9.78. The van der Waals surface area contributed by atoms with Crippen molar-refractivity contribution in [2.24, 2.45) is 0 Å². The second-order valence-electron chi connectivity index (χ2n) is 4.00. The first-order chi connectivity index (χ1) is 7.91. The number of rotatable bonds is 4. The van der Waals surface area contributed by atoms with Crippen LogP contribution in [0.25, 0.3) is 0 Å². The summed E-state index contributed by atoms with van der Waals surface area (Å²) in [4.78, 5) is 12.9. The largest absolute Gasteiger partial charge is 0.392 e. The molecule has 17 heavy (non-hydrogen) atoms. The van der Waals surface area contributed by atoms with E-state index in [4.69, 9.17) is 5.11 Å². The first kappa shape index (κ1) is 13.6. The highest BCUT2D eigenvalue weighted by atomic mass is 19.1. The minimum atomic E-state index is -0.733. The molecule has 0 heterocycles. The molecule has 0 saturated carbocycles. The minimum absolute atomic E-state index is 0.134. The summed E-state index contributed by atoms with van der Waals surface area (Å²) < 4.78 is 26.6. The molecule has 1 N–H and O–H groups in total. The molecule has 0 aliphatic rings. The Morgan fingerprint density at radius 3 is 2.41 bits per heavy atom. The van der Waals surface area contributed by atoms with E-state index in [2.05, 4.69) is 0 Å². The summed E-state index contributed by atoms with van der Waals surface area (Å²) in [5, 5.41) is 9.10. The molecule has 1 atom stereocenters. The number of amides is 1. The Balaban J connectivity index is 2.74. The maximum Gasteiger partial charge on any atom is 0.227 e. The number of carbonyl (C=O) groups excluding carboxylic acids is 1. The van der Waals surface area contributed by atoms with Crippen LogP contribution in [0.5, 0.6) is 0 Å². The van der Waals surface area contributed by atoms with Crippen LogP contribution in [0.3, 0.4) is 0 Å². The Morgan fingerprint density at radius 1 is 1.41 bits per heavy atom. The van der Waals surface area contributed by atoms with Crippen molar-refractivity contribution < 1.29 is 18.7 Å². The Bertz CT molecular complexity index is 387. The predicted octanol–water partition coefficient (Wildman–Crippen LogP) is 1.35. The molecule has 0 aliphatic carbocycles. The van der Waals surface area contributed by atoms with E-state index in [0.717, 1.165) is 12.1 Å². The number of carbonyl (C=O) groups is 1. The predicted molar refractivity (Wildman–Crippen MR) is 59.4 cm³/mol. The van der Waals surface area contributed by atoms with Crippen LogP contribution in [0.2, 0.25) is 0 Å². The Morgan fingerprint density at radius 2 is 1.94 bits per heavy atom. The SMILES string of the molecule is CC(O)CN(C)C(=O)Cc1c(F)cccc1F. The van der Waals surface area contributed by atoms with Gasteiger partial charge in [0.05, 0.1) is 12.5 Å². The van der Waals surface area contributed by atoms with Crippen LogP contribution in [-0.4, -0.2) is 35.6 Å². The van der Waals surface area contributed by atoms with E-state index >= 15 is 0 Å². The third kappa shape index (κ3) is 3.78. The van der Waals surface area contributed by atoms with Crippen LogP contribution in [0, 0.1) is 11.6 Å². The molecule has 5 heteroatoms. The third-order valence-electron chi connectivity index (χ3n) is 2.35. The van der Waals surface area contributed by atoms with Crippen LogP contribution in [0.1, 0.15) is 12.5 Å². The summed E-state index contributed by atoms with van der Waals surface area (Å²) in [6, 6.07) is 3.47. The number of aliphatic hydroxyl groups is 1. The van der Waals surface area contributed by atoms with Crippen molar-refractivity contribution >= 4 is 5.91 Å². The van der Waals surface area contributed by atoms with Gasteiger partial charge in [0.15, 0.2) is 0 Å². The number of likely N-dealkylation sites (N-methyl/N-ethyl adjacent to an activating group) is 1. The molecule has 94 valence electrons. The highest BCUT2D eigenvalue weighted by Crippen LogP contribution is 2.13. The van der Waals surface area contributed by atoms with Crippen molar-refractivity contribution in [1.29, 1.82) is 0 Å². The fourth-order valence-corrected chi connectivity index (χ4v) is 1.49. The van der Waals surface area contributed by atoms with Gasteiger partial charge in [0.1, 0.15) is 11.6 Å². The molecule has 0 fully saturated rings. The molecule has 0 aliphatic heterocycles. The lowest BCUT2D eigenvalue weighted by molar-refractivity contribution is -0.130. The fourth-order valence-electron chi connectivity index (χ4n) is 1.49. The lowest BCUT2D eigenvalue weighted by Gasteiger charge is -2.19. The molecule has 1 amide bonds. The molecule has 0 saturated heterocycles.